The Hall–Kier alpha value is -0.670. The Morgan fingerprint density at radius 2 is 2.23 bits per heavy atom. The molecule has 1 aromatic carbocycles. The second-order valence-corrected chi connectivity index (χ2v) is 4.73. The van der Waals surface area contributed by atoms with Gasteiger partial charge in [-0.1, -0.05) is 12.1 Å². The Kier molecular flexibility index (Phi) is 2.22. The number of halogens is 1. The molecular weight excluding hydrogens is 248 g/mol. The van der Waals surface area contributed by atoms with Crippen molar-refractivity contribution >= 4 is 43.1 Å². The zero-order chi connectivity index (χ0) is 9.42. The van der Waals surface area contributed by atoms with Crippen LogP contribution < -0.4 is 0 Å². The zero-order valence-electron chi connectivity index (χ0n) is 7.00. The monoisotopic (exact) mass is 254 g/mol. The second kappa shape index (κ2) is 3.24. The minimum Gasteiger partial charge on any atom is -0.294 e. The van der Waals surface area contributed by atoms with Crippen LogP contribution in [0.5, 0.6) is 0 Å². The molecule has 0 saturated heterocycles. The third-order valence-electron chi connectivity index (χ3n) is 1.84. The SMILES string of the molecule is CC(=O)c1cc2cccc(Br)c2s1. The molecule has 13 heavy (non-hydrogen) atoms. The van der Waals surface area contributed by atoms with Crippen molar-refractivity contribution in [3.8, 4) is 0 Å². The molecule has 3 heteroatoms. The van der Waals surface area contributed by atoms with Gasteiger partial charge in [0.1, 0.15) is 0 Å². The largest absolute Gasteiger partial charge is 0.294 e. The molecule has 1 nitrogen and oxygen atoms in total. The number of Topliss-reactive ketones (excluding diaryl/α,β-unsaturated/α-hetero) is 1. The molecule has 2 rings (SSSR count). The van der Waals surface area contributed by atoms with Gasteiger partial charge in [0.15, 0.2) is 5.78 Å². The van der Waals surface area contributed by atoms with Gasteiger partial charge < -0.3 is 0 Å². The molecule has 0 saturated carbocycles. The second-order valence-electron chi connectivity index (χ2n) is 2.83. The van der Waals surface area contributed by atoms with Crippen molar-refractivity contribution in [1.82, 2.24) is 0 Å². The van der Waals surface area contributed by atoms with Crippen LogP contribution in [-0.2, 0) is 0 Å². The van der Waals surface area contributed by atoms with Gasteiger partial charge in [-0.2, -0.15) is 0 Å². The number of rotatable bonds is 1. The maximum absolute atomic E-state index is 11.1. The Labute approximate surface area is 88.5 Å². The Bertz CT molecular complexity index is 473. The third-order valence-corrected chi connectivity index (χ3v) is 4.05. The van der Waals surface area contributed by atoms with Gasteiger partial charge in [-0.15, -0.1) is 11.3 Å². The van der Waals surface area contributed by atoms with E-state index < -0.39 is 0 Å². The Morgan fingerprint density at radius 1 is 1.46 bits per heavy atom. The molecular formula is C10H7BrOS. The molecule has 66 valence electrons. The third kappa shape index (κ3) is 1.54. The first kappa shape index (κ1) is 8.91. The normalized spacial score (nSPS) is 10.6. The fraction of sp³-hybridized carbons (Fsp3) is 0.100. The minimum atomic E-state index is 0.133. The van der Waals surface area contributed by atoms with Gasteiger partial charge >= 0.3 is 0 Å². The van der Waals surface area contributed by atoms with E-state index in [1.54, 1.807) is 6.92 Å². The van der Waals surface area contributed by atoms with Crippen LogP contribution >= 0.6 is 27.3 Å². The van der Waals surface area contributed by atoms with Crippen LogP contribution in [-0.4, -0.2) is 5.78 Å². The van der Waals surface area contributed by atoms with Crippen molar-refractivity contribution in [2.75, 3.05) is 0 Å². The van der Waals surface area contributed by atoms with E-state index in [0.717, 1.165) is 19.4 Å². The van der Waals surface area contributed by atoms with Crippen molar-refractivity contribution in [2.45, 2.75) is 6.92 Å². The summed E-state index contributed by atoms with van der Waals surface area (Å²) in [5, 5.41) is 1.13. The van der Waals surface area contributed by atoms with Crippen LogP contribution in [0, 0.1) is 0 Å². The van der Waals surface area contributed by atoms with Gasteiger partial charge in [0.05, 0.1) is 4.88 Å². The molecule has 0 atom stereocenters. The summed E-state index contributed by atoms with van der Waals surface area (Å²) in [5.41, 5.74) is 0. The average Bonchev–Trinajstić information content (AvgIpc) is 2.49. The molecule has 0 radical (unpaired) electrons. The standard InChI is InChI=1S/C10H7BrOS/c1-6(12)9-5-7-3-2-4-8(11)10(7)13-9/h2-5H,1H3. The summed E-state index contributed by atoms with van der Waals surface area (Å²) in [5.74, 6) is 0.133. The number of carbonyl (C=O) groups excluding carboxylic acids is 1. The van der Waals surface area contributed by atoms with E-state index in [1.165, 1.54) is 11.3 Å². The van der Waals surface area contributed by atoms with Crippen molar-refractivity contribution in [3.63, 3.8) is 0 Å². The summed E-state index contributed by atoms with van der Waals surface area (Å²) in [4.78, 5) is 11.9. The number of ketones is 1. The molecule has 0 bridgehead atoms. The molecule has 2 aromatic rings. The molecule has 0 aliphatic rings. The molecule has 0 aliphatic carbocycles. The van der Waals surface area contributed by atoms with Crippen LogP contribution in [0.3, 0.4) is 0 Å². The highest BCUT2D eigenvalue weighted by Crippen LogP contribution is 2.31. The van der Waals surface area contributed by atoms with E-state index in [9.17, 15) is 4.79 Å². The topological polar surface area (TPSA) is 17.1 Å². The van der Waals surface area contributed by atoms with Crippen LogP contribution in [0.25, 0.3) is 10.1 Å². The fourth-order valence-electron chi connectivity index (χ4n) is 1.20. The van der Waals surface area contributed by atoms with Gasteiger partial charge in [-0.05, 0) is 40.4 Å². The van der Waals surface area contributed by atoms with Crippen molar-refractivity contribution < 1.29 is 4.79 Å². The summed E-state index contributed by atoms with van der Waals surface area (Å²) in [7, 11) is 0. The zero-order valence-corrected chi connectivity index (χ0v) is 9.41. The number of fused-ring (bicyclic) bond motifs is 1. The first-order valence-corrected chi connectivity index (χ1v) is 5.48. The summed E-state index contributed by atoms with van der Waals surface area (Å²) in [6.45, 7) is 1.60. The lowest BCUT2D eigenvalue weighted by molar-refractivity contribution is 0.102. The van der Waals surface area contributed by atoms with Crippen molar-refractivity contribution in [1.29, 1.82) is 0 Å². The molecule has 0 aliphatic heterocycles. The highest BCUT2D eigenvalue weighted by atomic mass is 79.9. The smallest absolute Gasteiger partial charge is 0.169 e. The van der Waals surface area contributed by atoms with Gasteiger partial charge in [-0.25, -0.2) is 0 Å². The van der Waals surface area contributed by atoms with Gasteiger partial charge in [0, 0.05) is 9.17 Å². The van der Waals surface area contributed by atoms with E-state index in [-0.39, 0.29) is 5.78 Å². The first-order chi connectivity index (χ1) is 6.18. The van der Waals surface area contributed by atoms with E-state index in [2.05, 4.69) is 15.9 Å². The van der Waals surface area contributed by atoms with Crippen LogP contribution in [0.2, 0.25) is 0 Å². The highest BCUT2D eigenvalue weighted by Gasteiger charge is 2.06. The first-order valence-electron chi connectivity index (χ1n) is 3.87. The summed E-state index contributed by atoms with van der Waals surface area (Å²) < 4.78 is 2.20. The van der Waals surface area contributed by atoms with Gasteiger partial charge in [0.2, 0.25) is 0 Å². The van der Waals surface area contributed by atoms with Crippen molar-refractivity contribution in [3.05, 3.63) is 33.6 Å². The predicted octanol–water partition coefficient (Wildman–Crippen LogP) is 3.87. The predicted molar refractivity (Wildman–Crippen MR) is 59.5 cm³/mol. The van der Waals surface area contributed by atoms with E-state index in [4.69, 9.17) is 0 Å². The lowest BCUT2D eigenvalue weighted by atomic mass is 10.2. The number of benzene rings is 1. The maximum Gasteiger partial charge on any atom is 0.169 e. The van der Waals surface area contributed by atoms with Crippen LogP contribution in [0.1, 0.15) is 16.6 Å². The molecule has 0 unspecified atom stereocenters. The minimum absolute atomic E-state index is 0.133. The molecule has 0 N–H and O–H groups in total. The van der Waals surface area contributed by atoms with E-state index in [0.29, 0.717) is 0 Å². The summed E-state index contributed by atoms with van der Waals surface area (Å²) in [6, 6.07) is 7.92. The summed E-state index contributed by atoms with van der Waals surface area (Å²) in [6.07, 6.45) is 0. The number of thiophene rings is 1. The quantitative estimate of drug-likeness (QED) is 0.707. The average molecular weight is 255 g/mol. The summed E-state index contributed by atoms with van der Waals surface area (Å²) >= 11 is 4.99. The Balaban J connectivity index is 2.75. The lowest BCUT2D eigenvalue weighted by Gasteiger charge is -1.89. The molecule has 0 fully saturated rings. The van der Waals surface area contributed by atoms with Crippen molar-refractivity contribution in [2.24, 2.45) is 0 Å². The van der Waals surface area contributed by atoms with Gasteiger partial charge in [0.25, 0.3) is 0 Å². The number of carbonyl (C=O) groups is 1. The molecule has 0 amide bonds. The Morgan fingerprint density at radius 3 is 2.85 bits per heavy atom. The van der Waals surface area contributed by atoms with E-state index >= 15 is 0 Å². The molecule has 1 heterocycles. The molecule has 1 aromatic heterocycles. The van der Waals surface area contributed by atoms with Crippen LogP contribution in [0.4, 0.5) is 0 Å². The highest BCUT2D eigenvalue weighted by molar-refractivity contribution is 9.10. The number of hydrogen-bond donors (Lipinski definition) is 0. The van der Waals surface area contributed by atoms with Crippen LogP contribution in [0.15, 0.2) is 28.7 Å². The molecule has 0 spiro atoms. The maximum atomic E-state index is 11.1. The number of hydrogen-bond acceptors (Lipinski definition) is 2. The van der Waals surface area contributed by atoms with Gasteiger partial charge in [-0.3, -0.25) is 4.79 Å². The van der Waals surface area contributed by atoms with E-state index in [1.807, 2.05) is 24.3 Å². The lowest BCUT2D eigenvalue weighted by Crippen LogP contribution is -1.83. The fourth-order valence-corrected chi connectivity index (χ4v) is 2.79.